The molecule has 1 fully saturated rings. The highest BCUT2D eigenvalue weighted by Crippen LogP contribution is 2.26. The lowest BCUT2D eigenvalue weighted by atomic mass is 10.2. The highest BCUT2D eigenvalue weighted by molar-refractivity contribution is 6.42. The van der Waals surface area contributed by atoms with E-state index in [0.29, 0.717) is 42.0 Å². The minimum absolute atomic E-state index is 0.0393. The normalized spacial score (nSPS) is 17.7. The number of rotatable bonds is 5. The van der Waals surface area contributed by atoms with E-state index >= 15 is 0 Å². The smallest absolute Gasteiger partial charge is 0.227 e. The maximum Gasteiger partial charge on any atom is 0.227 e. The quantitative estimate of drug-likeness (QED) is 0.850. The first-order valence-electron chi connectivity index (χ1n) is 7.69. The molecular formula is C16H18Cl2N4O2. The van der Waals surface area contributed by atoms with Crippen molar-refractivity contribution in [3.8, 4) is 0 Å². The predicted octanol–water partition coefficient (Wildman–Crippen LogP) is 2.56. The van der Waals surface area contributed by atoms with E-state index in [1.807, 2.05) is 12.1 Å². The van der Waals surface area contributed by atoms with Gasteiger partial charge in [0.25, 0.3) is 0 Å². The van der Waals surface area contributed by atoms with E-state index in [1.165, 1.54) is 0 Å². The molecule has 8 heteroatoms. The van der Waals surface area contributed by atoms with E-state index in [9.17, 15) is 4.79 Å². The summed E-state index contributed by atoms with van der Waals surface area (Å²) in [7, 11) is 0. The largest absolute Gasteiger partial charge is 0.378 e. The zero-order chi connectivity index (χ0) is 16.9. The predicted molar refractivity (Wildman–Crippen MR) is 93.6 cm³/mol. The first-order valence-corrected chi connectivity index (χ1v) is 8.45. The van der Waals surface area contributed by atoms with Crippen LogP contribution >= 0.6 is 23.2 Å². The Hall–Kier alpha value is -1.60. The molecule has 1 aromatic heterocycles. The molecular weight excluding hydrogens is 351 g/mol. The van der Waals surface area contributed by atoms with Crippen LogP contribution in [0, 0.1) is 0 Å². The molecule has 0 radical (unpaired) electrons. The van der Waals surface area contributed by atoms with E-state index in [1.54, 1.807) is 23.0 Å². The van der Waals surface area contributed by atoms with E-state index in [4.69, 9.17) is 27.9 Å². The summed E-state index contributed by atoms with van der Waals surface area (Å²) in [6.07, 6.45) is 1.99. The number of morpholine rings is 1. The van der Waals surface area contributed by atoms with Gasteiger partial charge < -0.3 is 15.4 Å². The molecule has 1 unspecified atom stereocenters. The van der Waals surface area contributed by atoms with Crippen molar-refractivity contribution in [2.24, 2.45) is 0 Å². The van der Waals surface area contributed by atoms with Gasteiger partial charge in [0.15, 0.2) is 0 Å². The van der Waals surface area contributed by atoms with Gasteiger partial charge in [-0.1, -0.05) is 35.3 Å². The lowest BCUT2D eigenvalue weighted by Gasteiger charge is -2.23. The molecule has 1 atom stereocenters. The molecule has 3 rings (SSSR count). The van der Waals surface area contributed by atoms with Crippen molar-refractivity contribution < 1.29 is 9.53 Å². The number of carbonyl (C=O) groups excluding carboxylic acids is 1. The van der Waals surface area contributed by atoms with Gasteiger partial charge in [-0.05, 0) is 11.6 Å². The molecule has 1 saturated heterocycles. The zero-order valence-corrected chi connectivity index (χ0v) is 14.5. The summed E-state index contributed by atoms with van der Waals surface area (Å²) in [6, 6.07) is 7.24. The summed E-state index contributed by atoms with van der Waals surface area (Å²) in [4.78, 5) is 12.2. The number of hydrogen-bond acceptors (Lipinski definition) is 4. The van der Waals surface area contributed by atoms with Crippen molar-refractivity contribution in [1.29, 1.82) is 0 Å². The molecule has 0 spiro atoms. The van der Waals surface area contributed by atoms with Gasteiger partial charge in [-0.15, -0.1) is 0 Å². The third-order valence-corrected chi connectivity index (χ3v) is 4.62. The molecule has 2 aromatic rings. The van der Waals surface area contributed by atoms with Gasteiger partial charge in [0.2, 0.25) is 5.91 Å². The van der Waals surface area contributed by atoms with Crippen LogP contribution in [0.25, 0.3) is 0 Å². The average molecular weight is 369 g/mol. The molecule has 1 amide bonds. The second-order valence-corrected chi connectivity index (χ2v) is 6.35. The Balaban J connectivity index is 1.64. The summed E-state index contributed by atoms with van der Waals surface area (Å²) in [5.74, 6) is 0.532. The number of aromatic nitrogens is 2. The molecule has 128 valence electrons. The van der Waals surface area contributed by atoms with Crippen LogP contribution in [-0.4, -0.2) is 41.5 Å². The van der Waals surface area contributed by atoms with Crippen LogP contribution in [0.2, 0.25) is 10.0 Å². The molecule has 1 aliphatic rings. The van der Waals surface area contributed by atoms with Gasteiger partial charge in [-0.25, -0.2) is 4.68 Å². The number of nitrogens with one attached hydrogen (secondary N) is 2. The highest BCUT2D eigenvalue weighted by Gasteiger charge is 2.18. The van der Waals surface area contributed by atoms with E-state index in [0.717, 1.165) is 12.1 Å². The number of nitrogens with zero attached hydrogens (tertiary/aromatic N) is 2. The van der Waals surface area contributed by atoms with Crippen LogP contribution in [0.15, 0.2) is 30.5 Å². The lowest BCUT2D eigenvalue weighted by Crippen LogP contribution is -2.43. The van der Waals surface area contributed by atoms with Crippen LogP contribution in [-0.2, 0) is 16.1 Å². The van der Waals surface area contributed by atoms with Crippen molar-refractivity contribution in [3.63, 3.8) is 0 Å². The fourth-order valence-electron chi connectivity index (χ4n) is 2.57. The Bertz CT molecular complexity index is 714. The van der Waals surface area contributed by atoms with Crippen molar-refractivity contribution in [3.05, 3.63) is 46.1 Å². The molecule has 0 aliphatic carbocycles. The molecule has 6 nitrogen and oxygen atoms in total. The molecule has 2 N–H and O–H groups in total. The van der Waals surface area contributed by atoms with Gasteiger partial charge >= 0.3 is 0 Å². The van der Waals surface area contributed by atoms with Crippen LogP contribution in [0.4, 0.5) is 5.82 Å². The third kappa shape index (κ3) is 4.27. The summed E-state index contributed by atoms with van der Waals surface area (Å²) < 4.78 is 7.04. The third-order valence-electron chi connectivity index (χ3n) is 3.77. The Kier molecular flexibility index (Phi) is 5.73. The maximum atomic E-state index is 12.2. The van der Waals surface area contributed by atoms with Crippen LogP contribution in [0.5, 0.6) is 0 Å². The highest BCUT2D eigenvalue weighted by atomic mass is 35.5. The number of hydrogen-bond donors (Lipinski definition) is 2. The van der Waals surface area contributed by atoms with Crippen LogP contribution < -0.4 is 10.6 Å². The van der Waals surface area contributed by atoms with Gasteiger partial charge in [0.05, 0.1) is 36.0 Å². The SMILES string of the molecule is O=C(CC1COCCN1)Nc1ccnn1Cc1cccc(Cl)c1Cl. The maximum absolute atomic E-state index is 12.2. The average Bonchev–Trinajstić information content (AvgIpc) is 2.99. The standard InChI is InChI=1S/C16H18Cl2N4O2/c17-13-3-1-2-11(16(13)18)9-22-14(4-5-20-22)21-15(23)8-12-10-24-7-6-19-12/h1-5,12,19H,6-10H2,(H,21,23). The summed E-state index contributed by atoms with van der Waals surface area (Å²) in [5.41, 5.74) is 0.839. The Morgan fingerprint density at radius 2 is 2.29 bits per heavy atom. The van der Waals surface area contributed by atoms with E-state index in [-0.39, 0.29) is 11.9 Å². The molecule has 0 saturated carbocycles. The zero-order valence-electron chi connectivity index (χ0n) is 13.0. The topological polar surface area (TPSA) is 68.2 Å². The number of halogens is 2. The molecule has 1 aliphatic heterocycles. The number of ether oxygens (including phenoxy) is 1. The summed E-state index contributed by atoms with van der Waals surface area (Å²) in [5, 5.41) is 11.4. The minimum Gasteiger partial charge on any atom is -0.378 e. The van der Waals surface area contributed by atoms with Gasteiger partial charge in [-0.3, -0.25) is 4.79 Å². The Morgan fingerprint density at radius 3 is 3.08 bits per heavy atom. The van der Waals surface area contributed by atoms with Gasteiger partial charge in [0, 0.05) is 25.1 Å². The number of anilines is 1. The molecule has 0 bridgehead atoms. The Morgan fingerprint density at radius 1 is 1.42 bits per heavy atom. The van der Waals surface area contributed by atoms with Crippen molar-refractivity contribution in [1.82, 2.24) is 15.1 Å². The molecule has 24 heavy (non-hydrogen) atoms. The lowest BCUT2D eigenvalue weighted by molar-refractivity contribution is -0.117. The molecule has 1 aromatic carbocycles. The monoisotopic (exact) mass is 368 g/mol. The fraction of sp³-hybridized carbons (Fsp3) is 0.375. The molecule has 2 heterocycles. The van der Waals surface area contributed by atoms with Crippen LogP contribution in [0.3, 0.4) is 0 Å². The second kappa shape index (κ2) is 7.98. The van der Waals surface area contributed by atoms with Crippen molar-refractivity contribution in [2.45, 2.75) is 19.0 Å². The van der Waals surface area contributed by atoms with Gasteiger partial charge in [-0.2, -0.15) is 5.10 Å². The number of carbonyl (C=O) groups is 1. The number of amides is 1. The Labute approximate surface area is 150 Å². The van der Waals surface area contributed by atoms with Crippen molar-refractivity contribution in [2.75, 3.05) is 25.1 Å². The summed E-state index contributed by atoms with van der Waals surface area (Å²) in [6.45, 7) is 2.42. The first-order chi connectivity index (χ1) is 11.6. The van der Waals surface area contributed by atoms with Crippen molar-refractivity contribution >= 4 is 34.9 Å². The minimum atomic E-state index is -0.0862. The van der Waals surface area contributed by atoms with Gasteiger partial charge in [0.1, 0.15) is 5.82 Å². The van der Waals surface area contributed by atoms with Crippen LogP contribution in [0.1, 0.15) is 12.0 Å². The number of benzene rings is 1. The first kappa shape index (κ1) is 17.2. The van der Waals surface area contributed by atoms with E-state index < -0.39 is 0 Å². The van der Waals surface area contributed by atoms with E-state index in [2.05, 4.69) is 15.7 Å². The fourth-order valence-corrected chi connectivity index (χ4v) is 2.95. The summed E-state index contributed by atoms with van der Waals surface area (Å²) >= 11 is 12.3. The second-order valence-electron chi connectivity index (χ2n) is 5.57.